The van der Waals surface area contributed by atoms with Crippen molar-refractivity contribution in [3.8, 4) is 5.75 Å². The van der Waals surface area contributed by atoms with Gasteiger partial charge in [-0.3, -0.25) is 4.98 Å². The molecule has 2 nitrogen and oxygen atoms in total. The molecule has 1 aliphatic rings. The van der Waals surface area contributed by atoms with Crippen molar-refractivity contribution in [3.63, 3.8) is 0 Å². The maximum Gasteiger partial charge on any atom is 0.126 e. The van der Waals surface area contributed by atoms with E-state index in [1.54, 1.807) is 0 Å². The third-order valence-electron chi connectivity index (χ3n) is 3.06. The molecule has 0 aliphatic heterocycles. The number of hydrogen-bond donors (Lipinski definition) is 0. The third-order valence-corrected chi connectivity index (χ3v) is 3.06. The van der Waals surface area contributed by atoms with E-state index in [-0.39, 0.29) is 5.41 Å². The van der Waals surface area contributed by atoms with E-state index in [4.69, 9.17) is 4.74 Å². The number of aromatic nitrogens is 1. The first-order valence-corrected chi connectivity index (χ1v) is 6.55. The number of pyridine rings is 1. The Morgan fingerprint density at radius 3 is 2.41 bits per heavy atom. The number of hydrogen-bond acceptors (Lipinski definition) is 2. The summed E-state index contributed by atoms with van der Waals surface area (Å²) in [6, 6.07) is 2.02. The molecule has 1 heterocycles. The number of nitrogens with zero attached hydrogens (tertiary/aromatic N) is 1. The Balaban J connectivity index is 2.45. The first kappa shape index (κ1) is 12.4. The molecule has 1 aliphatic carbocycles. The van der Waals surface area contributed by atoms with Crippen molar-refractivity contribution in [1.82, 2.24) is 4.98 Å². The van der Waals surface area contributed by atoms with Crippen molar-refractivity contribution in [2.45, 2.75) is 64.9 Å². The summed E-state index contributed by atoms with van der Waals surface area (Å²) in [5.41, 5.74) is 2.54. The monoisotopic (exact) mass is 233 g/mol. The smallest absolute Gasteiger partial charge is 0.126 e. The molecule has 0 saturated heterocycles. The predicted octanol–water partition coefficient (Wildman–Crippen LogP) is 4.04. The average Bonchev–Trinajstić information content (AvgIpc) is 2.99. The van der Waals surface area contributed by atoms with Crippen molar-refractivity contribution in [2.75, 3.05) is 0 Å². The topological polar surface area (TPSA) is 22.1 Å². The van der Waals surface area contributed by atoms with Crippen molar-refractivity contribution in [3.05, 3.63) is 23.5 Å². The molecule has 1 aromatic heterocycles. The van der Waals surface area contributed by atoms with Gasteiger partial charge in [0.1, 0.15) is 5.75 Å². The lowest BCUT2D eigenvalue weighted by Crippen LogP contribution is -2.18. The van der Waals surface area contributed by atoms with Crippen LogP contribution in [0.2, 0.25) is 0 Å². The lowest BCUT2D eigenvalue weighted by molar-refractivity contribution is 0.293. The van der Waals surface area contributed by atoms with Gasteiger partial charge in [-0.25, -0.2) is 0 Å². The van der Waals surface area contributed by atoms with Gasteiger partial charge < -0.3 is 4.74 Å². The van der Waals surface area contributed by atoms with E-state index >= 15 is 0 Å². The van der Waals surface area contributed by atoms with E-state index in [0.29, 0.717) is 12.0 Å². The van der Waals surface area contributed by atoms with E-state index in [2.05, 4.69) is 39.6 Å². The summed E-state index contributed by atoms with van der Waals surface area (Å²) >= 11 is 0. The summed E-state index contributed by atoms with van der Waals surface area (Å²) < 4.78 is 6.03. The van der Waals surface area contributed by atoms with E-state index in [1.165, 1.54) is 24.1 Å². The van der Waals surface area contributed by atoms with Gasteiger partial charge in [0.15, 0.2) is 0 Å². The van der Waals surface area contributed by atoms with Crippen LogP contribution in [0, 0.1) is 0 Å². The molecule has 17 heavy (non-hydrogen) atoms. The van der Waals surface area contributed by atoms with Crippen LogP contribution in [0.1, 0.15) is 64.6 Å². The van der Waals surface area contributed by atoms with Gasteiger partial charge in [0.2, 0.25) is 0 Å². The molecule has 2 rings (SSSR count). The maximum absolute atomic E-state index is 6.03. The number of ether oxygens (including phenoxy) is 1. The molecule has 0 atom stereocenters. The second kappa shape index (κ2) is 4.32. The van der Waals surface area contributed by atoms with Crippen LogP contribution in [0.25, 0.3) is 0 Å². The normalized spacial score (nSPS) is 16.4. The van der Waals surface area contributed by atoms with Gasteiger partial charge in [-0.1, -0.05) is 34.6 Å². The maximum atomic E-state index is 6.03. The van der Waals surface area contributed by atoms with Crippen LogP contribution in [0.15, 0.2) is 12.3 Å². The Labute approximate surface area is 104 Å². The highest BCUT2D eigenvalue weighted by Crippen LogP contribution is 2.38. The Morgan fingerprint density at radius 2 is 1.94 bits per heavy atom. The van der Waals surface area contributed by atoms with Crippen molar-refractivity contribution >= 4 is 0 Å². The Bertz CT molecular complexity index is 400. The minimum absolute atomic E-state index is 0.0814. The van der Waals surface area contributed by atoms with E-state index < -0.39 is 0 Å². The molecule has 1 fully saturated rings. The molecule has 0 N–H and O–H groups in total. The summed E-state index contributed by atoms with van der Waals surface area (Å²) in [6.45, 7) is 11.1. The molecule has 0 spiro atoms. The fourth-order valence-corrected chi connectivity index (χ4v) is 2.11. The van der Waals surface area contributed by atoms with Gasteiger partial charge in [0, 0.05) is 11.8 Å². The van der Waals surface area contributed by atoms with Gasteiger partial charge in [0.05, 0.1) is 11.8 Å². The predicted molar refractivity (Wildman–Crippen MR) is 70.7 cm³/mol. The first-order valence-electron chi connectivity index (χ1n) is 6.55. The quantitative estimate of drug-likeness (QED) is 0.786. The summed E-state index contributed by atoms with van der Waals surface area (Å²) in [6.07, 6.45) is 4.72. The molecule has 0 amide bonds. The van der Waals surface area contributed by atoms with Gasteiger partial charge in [-0.2, -0.15) is 0 Å². The van der Waals surface area contributed by atoms with Crippen molar-refractivity contribution < 1.29 is 4.74 Å². The molecule has 0 radical (unpaired) electrons. The fraction of sp³-hybridized carbons (Fsp3) is 0.667. The summed E-state index contributed by atoms with van der Waals surface area (Å²) in [4.78, 5) is 4.55. The lowest BCUT2D eigenvalue weighted by atomic mass is 9.82. The Hall–Kier alpha value is -1.05. The lowest BCUT2D eigenvalue weighted by Gasteiger charge is -2.26. The molecule has 0 aromatic carbocycles. The minimum Gasteiger partial charge on any atom is -0.490 e. The summed E-state index contributed by atoms with van der Waals surface area (Å²) in [7, 11) is 0. The van der Waals surface area contributed by atoms with E-state index in [0.717, 1.165) is 5.75 Å². The molecule has 94 valence electrons. The Morgan fingerprint density at radius 1 is 1.29 bits per heavy atom. The van der Waals surface area contributed by atoms with Crippen LogP contribution in [0.5, 0.6) is 5.75 Å². The number of rotatable bonds is 3. The average molecular weight is 233 g/mol. The van der Waals surface area contributed by atoms with Crippen LogP contribution < -0.4 is 4.74 Å². The minimum atomic E-state index is 0.0814. The molecule has 0 unspecified atom stereocenters. The molecule has 0 bridgehead atoms. The van der Waals surface area contributed by atoms with Gasteiger partial charge in [-0.05, 0) is 30.2 Å². The van der Waals surface area contributed by atoms with Crippen molar-refractivity contribution in [2.24, 2.45) is 0 Å². The van der Waals surface area contributed by atoms with Crippen LogP contribution >= 0.6 is 0 Å². The van der Waals surface area contributed by atoms with Crippen LogP contribution in [0.4, 0.5) is 0 Å². The van der Waals surface area contributed by atoms with Gasteiger partial charge in [-0.15, -0.1) is 0 Å². The first-order chi connectivity index (χ1) is 7.89. The van der Waals surface area contributed by atoms with E-state index in [1.807, 2.05) is 12.3 Å². The van der Waals surface area contributed by atoms with Gasteiger partial charge in [0.25, 0.3) is 0 Å². The fourth-order valence-electron chi connectivity index (χ4n) is 2.11. The molecular formula is C15H23NO. The SMILES string of the molecule is CC(C)c1nccc(OC2CC2)c1C(C)(C)C. The van der Waals surface area contributed by atoms with E-state index in [9.17, 15) is 0 Å². The van der Waals surface area contributed by atoms with Crippen LogP contribution in [-0.4, -0.2) is 11.1 Å². The molecular weight excluding hydrogens is 210 g/mol. The zero-order chi connectivity index (χ0) is 12.6. The summed E-state index contributed by atoms with van der Waals surface area (Å²) in [5, 5.41) is 0. The zero-order valence-electron chi connectivity index (χ0n) is 11.6. The third kappa shape index (κ3) is 2.80. The van der Waals surface area contributed by atoms with Crippen molar-refractivity contribution in [1.29, 1.82) is 0 Å². The molecule has 2 heteroatoms. The Kier molecular flexibility index (Phi) is 3.15. The largest absolute Gasteiger partial charge is 0.490 e. The molecule has 1 aromatic rings. The highest BCUT2D eigenvalue weighted by atomic mass is 16.5. The van der Waals surface area contributed by atoms with Gasteiger partial charge >= 0.3 is 0 Å². The van der Waals surface area contributed by atoms with Crippen LogP contribution in [-0.2, 0) is 5.41 Å². The standard InChI is InChI=1S/C15H23NO/c1-10(2)14-13(15(3,4)5)12(8-9-16-14)17-11-6-7-11/h8-11H,6-7H2,1-5H3. The molecule has 1 saturated carbocycles. The highest BCUT2D eigenvalue weighted by Gasteiger charge is 2.29. The van der Waals surface area contributed by atoms with Crippen LogP contribution in [0.3, 0.4) is 0 Å². The second-order valence-corrected chi connectivity index (χ2v) is 6.29. The summed E-state index contributed by atoms with van der Waals surface area (Å²) in [5.74, 6) is 1.48. The second-order valence-electron chi connectivity index (χ2n) is 6.29. The highest BCUT2D eigenvalue weighted by molar-refractivity contribution is 5.42. The zero-order valence-corrected chi connectivity index (χ0v) is 11.6.